The molecule has 3 aromatic carbocycles. The number of hydrogen-bond acceptors (Lipinski definition) is 3. The number of ether oxygens (including phenoxy) is 2. The summed E-state index contributed by atoms with van der Waals surface area (Å²) in [6, 6.07) is 21.5. The number of hydrogen-bond donors (Lipinski definition) is 1. The van der Waals surface area contributed by atoms with E-state index in [1.807, 2.05) is 6.07 Å². The predicted molar refractivity (Wildman–Crippen MR) is 128 cm³/mol. The minimum absolute atomic E-state index is 0.178. The van der Waals surface area contributed by atoms with Crippen molar-refractivity contribution in [2.45, 2.75) is 51.4 Å². The van der Waals surface area contributed by atoms with Gasteiger partial charge in [-0.15, -0.1) is 0 Å². The topological polar surface area (TPSA) is 30.5 Å². The van der Waals surface area contributed by atoms with Crippen molar-refractivity contribution < 1.29 is 9.47 Å². The molecule has 0 saturated heterocycles. The lowest BCUT2D eigenvalue weighted by molar-refractivity contribution is 0.172. The van der Waals surface area contributed by atoms with Crippen LogP contribution in [-0.2, 0) is 10.8 Å². The van der Waals surface area contributed by atoms with E-state index in [1.165, 1.54) is 24.0 Å². The quantitative estimate of drug-likeness (QED) is 0.492. The monoisotopic (exact) mass is 413 g/mol. The van der Waals surface area contributed by atoms with Crippen LogP contribution < -0.4 is 14.8 Å². The van der Waals surface area contributed by atoms with Gasteiger partial charge < -0.3 is 14.8 Å². The lowest BCUT2D eigenvalue weighted by Gasteiger charge is -2.42. The number of anilines is 2. The molecule has 5 rings (SSSR count). The van der Waals surface area contributed by atoms with E-state index in [9.17, 15) is 0 Å². The summed E-state index contributed by atoms with van der Waals surface area (Å²) in [7, 11) is 0. The molecule has 2 aliphatic rings. The number of rotatable bonds is 3. The summed E-state index contributed by atoms with van der Waals surface area (Å²) in [6.45, 7) is 10.6. The molecule has 3 heteroatoms. The molecule has 1 aliphatic heterocycles. The van der Waals surface area contributed by atoms with Gasteiger partial charge in [-0.1, -0.05) is 64.1 Å². The smallest absolute Gasteiger partial charge is 0.163 e. The van der Waals surface area contributed by atoms with Crippen molar-refractivity contribution in [3.8, 4) is 22.6 Å². The molecule has 1 aliphatic carbocycles. The molecule has 0 unspecified atom stereocenters. The standard InChI is InChI=1S/C28H31NO2/c1-27(2)12-13-28(3,4)23-16-20(10-11-22(23)27)29-24-18-26-25(30-14-15-31-26)17-21(24)19-8-6-5-7-9-19/h5-11,16-18,29H,12-15H2,1-4H3. The van der Waals surface area contributed by atoms with Crippen molar-refractivity contribution in [3.63, 3.8) is 0 Å². The highest BCUT2D eigenvalue weighted by molar-refractivity contribution is 5.84. The van der Waals surface area contributed by atoms with Crippen LogP contribution in [-0.4, -0.2) is 13.2 Å². The first-order valence-electron chi connectivity index (χ1n) is 11.2. The fourth-order valence-corrected chi connectivity index (χ4v) is 4.87. The Labute approximate surface area is 185 Å². The van der Waals surface area contributed by atoms with E-state index in [0.717, 1.165) is 34.0 Å². The summed E-state index contributed by atoms with van der Waals surface area (Å²) in [5.41, 5.74) is 7.73. The van der Waals surface area contributed by atoms with Gasteiger partial charge in [0.2, 0.25) is 0 Å². The van der Waals surface area contributed by atoms with E-state index in [2.05, 4.69) is 87.6 Å². The molecule has 0 radical (unpaired) electrons. The maximum absolute atomic E-state index is 5.88. The Bertz CT molecular complexity index is 1120. The fourth-order valence-electron chi connectivity index (χ4n) is 4.87. The van der Waals surface area contributed by atoms with Crippen molar-refractivity contribution in [1.29, 1.82) is 0 Å². The van der Waals surface area contributed by atoms with Crippen molar-refractivity contribution in [3.05, 3.63) is 71.8 Å². The van der Waals surface area contributed by atoms with Gasteiger partial charge in [-0.25, -0.2) is 0 Å². The van der Waals surface area contributed by atoms with Crippen molar-refractivity contribution in [2.75, 3.05) is 18.5 Å². The number of benzene rings is 3. The van der Waals surface area contributed by atoms with Gasteiger partial charge in [0.25, 0.3) is 0 Å². The number of nitrogens with one attached hydrogen (secondary N) is 1. The van der Waals surface area contributed by atoms with E-state index in [0.29, 0.717) is 13.2 Å². The average Bonchev–Trinajstić information content (AvgIpc) is 2.77. The third-order valence-electron chi connectivity index (χ3n) is 6.90. The van der Waals surface area contributed by atoms with Crippen LogP contribution in [0.25, 0.3) is 11.1 Å². The highest BCUT2D eigenvalue weighted by Crippen LogP contribution is 2.47. The van der Waals surface area contributed by atoms with E-state index in [1.54, 1.807) is 0 Å². The summed E-state index contributed by atoms with van der Waals surface area (Å²) < 4.78 is 11.7. The van der Waals surface area contributed by atoms with Crippen LogP contribution in [0, 0.1) is 0 Å². The zero-order chi connectivity index (χ0) is 21.6. The predicted octanol–water partition coefficient (Wildman–Crippen LogP) is 7.22. The molecule has 0 aromatic heterocycles. The molecule has 0 bridgehead atoms. The third-order valence-corrected chi connectivity index (χ3v) is 6.90. The Morgan fingerprint density at radius 3 is 2.06 bits per heavy atom. The van der Waals surface area contributed by atoms with Crippen molar-refractivity contribution in [1.82, 2.24) is 0 Å². The van der Waals surface area contributed by atoms with Crippen LogP contribution in [0.2, 0.25) is 0 Å². The van der Waals surface area contributed by atoms with Crippen LogP contribution >= 0.6 is 0 Å². The van der Waals surface area contributed by atoms with E-state index in [4.69, 9.17) is 9.47 Å². The average molecular weight is 414 g/mol. The van der Waals surface area contributed by atoms with E-state index >= 15 is 0 Å². The summed E-state index contributed by atoms with van der Waals surface area (Å²) in [5, 5.41) is 3.70. The minimum Gasteiger partial charge on any atom is -0.486 e. The zero-order valence-corrected chi connectivity index (χ0v) is 18.9. The molecule has 0 amide bonds. The van der Waals surface area contributed by atoms with Crippen LogP contribution in [0.5, 0.6) is 11.5 Å². The molecule has 160 valence electrons. The second-order valence-corrected chi connectivity index (χ2v) is 10.1. The van der Waals surface area contributed by atoms with Crippen LogP contribution in [0.4, 0.5) is 11.4 Å². The van der Waals surface area contributed by atoms with Gasteiger partial charge in [-0.3, -0.25) is 0 Å². The minimum atomic E-state index is 0.178. The third kappa shape index (κ3) is 3.67. The summed E-state index contributed by atoms with van der Waals surface area (Å²) in [6.07, 6.45) is 2.43. The highest BCUT2D eigenvalue weighted by atomic mass is 16.6. The second kappa shape index (κ2) is 7.33. The van der Waals surface area contributed by atoms with E-state index < -0.39 is 0 Å². The van der Waals surface area contributed by atoms with Crippen molar-refractivity contribution in [2.24, 2.45) is 0 Å². The maximum Gasteiger partial charge on any atom is 0.163 e. The highest BCUT2D eigenvalue weighted by Gasteiger charge is 2.37. The molecule has 3 nitrogen and oxygen atoms in total. The molecule has 1 N–H and O–H groups in total. The molecule has 3 aromatic rings. The lowest BCUT2D eigenvalue weighted by Crippen LogP contribution is -2.33. The molecule has 0 spiro atoms. The van der Waals surface area contributed by atoms with Gasteiger partial charge in [0, 0.05) is 17.3 Å². The van der Waals surface area contributed by atoms with Crippen LogP contribution in [0.1, 0.15) is 51.7 Å². The molecule has 1 heterocycles. The lowest BCUT2D eigenvalue weighted by atomic mass is 9.63. The van der Waals surface area contributed by atoms with Gasteiger partial charge in [-0.05, 0) is 58.6 Å². The fraction of sp³-hybridized carbons (Fsp3) is 0.357. The first-order chi connectivity index (χ1) is 14.8. The first kappa shape index (κ1) is 20.0. The molecule has 31 heavy (non-hydrogen) atoms. The van der Waals surface area contributed by atoms with Crippen LogP contribution in [0.3, 0.4) is 0 Å². The van der Waals surface area contributed by atoms with Gasteiger partial charge in [0.1, 0.15) is 13.2 Å². The van der Waals surface area contributed by atoms with Gasteiger partial charge in [-0.2, -0.15) is 0 Å². The van der Waals surface area contributed by atoms with Crippen molar-refractivity contribution >= 4 is 11.4 Å². The first-order valence-corrected chi connectivity index (χ1v) is 11.2. The van der Waals surface area contributed by atoms with Gasteiger partial charge in [0.15, 0.2) is 11.5 Å². The van der Waals surface area contributed by atoms with E-state index in [-0.39, 0.29) is 10.8 Å². The number of fused-ring (bicyclic) bond motifs is 2. The second-order valence-electron chi connectivity index (χ2n) is 10.1. The normalized spacial score (nSPS) is 18.2. The Kier molecular flexibility index (Phi) is 4.73. The van der Waals surface area contributed by atoms with Gasteiger partial charge in [0.05, 0.1) is 5.69 Å². The zero-order valence-electron chi connectivity index (χ0n) is 18.9. The Morgan fingerprint density at radius 1 is 0.710 bits per heavy atom. The molecular weight excluding hydrogens is 382 g/mol. The summed E-state index contributed by atoms with van der Waals surface area (Å²) in [5.74, 6) is 1.61. The Hall–Kier alpha value is -2.94. The van der Waals surface area contributed by atoms with Crippen LogP contribution in [0.15, 0.2) is 60.7 Å². The molecule has 0 saturated carbocycles. The Balaban J connectivity index is 1.59. The SMILES string of the molecule is CC1(C)CCC(C)(C)c2cc(Nc3cc4c(cc3-c3ccccc3)OCCO4)ccc21. The molecule has 0 fully saturated rings. The van der Waals surface area contributed by atoms with Gasteiger partial charge >= 0.3 is 0 Å². The summed E-state index contributed by atoms with van der Waals surface area (Å²) >= 11 is 0. The summed E-state index contributed by atoms with van der Waals surface area (Å²) in [4.78, 5) is 0. The Morgan fingerprint density at radius 2 is 1.35 bits per heavy atom. The maximum atomic E-state index is 5.88. The molecule has 0 atom stereocenters. The molecular formula is C28H31NO2. The largest absolute Gasteiger partial charge is 0.486 e.